The zero-order chi connectivity index (χ0) is 16.6. The zero-order valence-corrected chi connectivity index (χ0v) is 14.5. The Balaban J connectivity index is 2.19. The van der Waals surface area contributed by atoms with E-state index in [0.717, 1.165) is 52.5 Å². The number of anilines is 1. The maximum atomic E-state index is 4.67. The number of rotatable bonds is 4. The Morgan fingerprint density at radius 2 is 1.65 bits per heavy atom. The summed E-state index contributed by atoms with van der Waals surface area (Å²) in [5, 5.41) is 5.77. The van der Waals surface area contributed by atoms with Gasteiger partial charge in [-0.1, -0.05) is 0 Å². The number of aromatic nitrogens is 4. The summed E-state index contributed by atoms with van der Waals surface area (Å²) >= 11 is 0. The molecule has 3 heterocycles. The summed E-state index contributed by atoms with van der Waals surface area (Å²) in [6.07, 6.45) is 1.92. The van der Waals surface area contributed by atoms with Crippen molar-refractivity contribution < 1.29 is 0 Å². The molecule has 120 valence electrons. The molecule has 0 aliphatic rings. The van der Waals surface area contributed by atoms with Gasteiger partial charge in [0, 0.05) is 43.3 Å². The van der Waals surface area contributed by atoms with Crippen molar-refractivity contribution in [3.63, 3.8) is 0 Å². The van der Waals surface area contributed by atoms with E-state index in [2.05, 4.69) is 52.0 Å². The molecule has 0 aliphatic heterocycles. The van der Waals surface area contributed by atoms with Crippen LogP contribution >= 0.6 is 0 Å². The monoisotopic (exact) mass is 309 g/mol. The lowest BCUT2D eigenvalue weighted by Gasteiger charge is -2.18. The Hall–Kier alpha value is -2.43. The van der Waals surface area contributed by atoms with Crippen molar-refractivity contribution in [3.05, 3.63) is 35.8 Å². The summed E-state index contributed by atoms with van der Waals surface area (Å²) in [5.41, 5.74) is 5.22. The fourth-order valence-corrected chi connectivity index (χ4v) is 3.04. The van der Waals surface area contributed by atoms with Crippen LogP contribution in [0.2, 0.25) is 0 Å². The van der Waals surface area contributed by atoms with E-state index in [1.165, 1.54) is 0 Å². The first-order valence-electron chi connectivity index (χ1n) is 8.06. The first kappa shape index (κ1) is 15.5. The molecule has 0 fully saturated rings. The van der Waals surface area contributed by atoms with Gasteiger partial charge in [0.05, 0.1) is 5.39 Å². The first-order chi connectivity index (χ1) is 11.0. The molecule has 3 aromatic heterocycles. The average molecular weight is 309 g/mol. The number of nitrogens with zero attached hydrogens (tertiary/aromatic N) is 5. The van der Waals surface area contributed by atoms with Crippen molar-refractivity contribution in [2.75, 3.05) is 18.0 Å². The molecule has 5 nitrogen and oxygen atoms in total. The van der Waals surface area contributed by atoms with Crippen molar-refractivity contribution in [1.82, 2.24) is 19.7 Å². The number of hydrogen-bond acceptors (Lipinski definition) is 4. The maximum Gasteiger partial charge on any atom is 0.160 e. The normalized spacial score (nSPS) is 11.2. The molecule has 3 aromatic rings. The summed E-state index contributed by atoms with van der Waals surface area (Å²) in [4.78, 5) is 11.4. The van der Waals surface area contributed by atoms with Gasteiger partial charge in [-0.3, -0.25) is 4.98 Å². The van der Waals surface area contributed by atoms with Crippen LogP contribution in [0, 0.1) is 13.8 Å². The van der Waals surface area contributed by atoms with Crippen LogP contribution in [0.5, 0.6) is 0 Å². The van der Waals surface area contributed by atoms with Gasteiger partial charge in [-0.15, -0.1) is 0 Å². The maximum absolute atomic E-state index is 4.67. The second-order valence-corrected chi connectivity index (χ2v) is 5.85. The smallest absolute Gasteiger partial charge is 0.160 e. The van der Waals surface area contributed by atoms with Crippen LogP contribution in [0.25, 0.3) is 22.2 Å². The van der Waals surface area contributed by atoms with Gasteiger partial charge < -0.3 is 4.90 Å². The predicted molar refractivity (Wildman–Crippen MR) is 94.8 cm³/mol. The van der Waals surface area contributed by atoms with Crippen LogP contribution in [0.4, 0.5) is 5.82 Å². The summed E-state index contributed by atoms with van der Waals surface area (Å²) in [6.45, 7) is 10.2. The Bertz CT molecular complexity index is 826. The SMILES string of the molecule is CCN(CC)c1nn(C)c2ncc(-c3cc(C)nc(C)c3)cc12. The van der Waals surface area contributed by atoms with Gasteiger partial charge in [0.25, 0.3) is 0 Å². The van der Waals surface area contributed by atoms with Crippen LogP contribution in [0.3, 0.4) is 0 Å². The quantitative estimate of drug-likeness (QED) is 0.740. The van der Waals surface area contributed by atoms with Crippen LogP contribution in [-0.2, 0) is 7.05 Å². The third-order valence-electron chi connectivity index (χ3n) is 4.14. The minimum absolute atomic E-state index is 0.915. The fourth-order valence-electron chi connectivity index (χ4n) is 3.04. The van der Waals surface area contributed by atoms with Crippen molar-refractivity contribution in [1.29, 1.82) is 0 Å². The summed E-state index contributed by atoms with van der Waals surface area (Å²) < 4.78 is 1.86. The third-order valence-corrected chi connectivity index (χ3v) is 4.14. The highest BCUT2D eigenvalue weighted by Crippen LogP contribution is 2.29. The van der Waals surface area contributed by atoms with Gasteiger partial charge in [-0.2, -0.15) is 5.10 Å². The molecule has 0 saturated carbocycles. The second-order valence-electron chi connectivity index (χ2n) is 5.85. The van der Waals surface area contributed by atoms with E-state index in [1.54, 1.807) is 0 Å². The van der Waals surface area contributed by atoms with Crippen LogP contribution < -0.4 is 4.90 Å². The molecule has 0 bridgehead atoms. The van der Waals surface area contributed by atoms with Gasteiger partial charge in [0.2, 0.25) is 0 Å². The molecular weight excluding hydrogens is 286 g/mol. The molecule has 0 N–H and O–H groups in total. The van der Waals surface area contributed by atoms with Gasteiger partial charge in [-0.05, 0) is 51.5 Å². The Kier molecular flexibility index (Phi) is 4.03. The molecule has 0 atom stereocenters. The Morgan fingerprint density at radius 1 is 1.00 bits per heavy atom. The number of fused-ring (bicyclic) bond motifs is 1. The molecule has 0 unspecified atom stereocenters. The van der Waals surface area contributed by atoms with Gasteiger partial charge >= 0.3 is 0 Å². The van der Waals surface area contributed by atoms with E-state index in [4.69, 9.17) is 0 Å². The summed E-state index contributed by atoms with van der Waals surface area (Å²) in [5.74, 6) is 1.00. The Morgan fingerprint density at radius 3 is 2.26 bits per heavy atom. The van der Waals surface area contributed by atoms with E-state index in [1.807, 2.05) is 31.8 Å². The minimum atomic E-state index is 0.915. The van der Waals surface area contributed by atoms with E-state index < -0.39 is 0 Å². The zero-order valence-electron chi connectivity index (χ0n) is 14.5. The lowest BCUT2D eigenvalue weighted by molar-refractivity contribution is 0.757. The molecule has 0 aromatic carbocycles. The highest BCUT2D eigenvalue weighted by Gasteiger charge is 2.15. The lowest BCUT2D eigenvalue weighted by atomic mass is 10.1. The van der Waals surface area contributed by atoms with E-state index in [-0.39, 0.29) is 0 Å². The molecule has 0 amide bonds. The number of aryl methyl sites for hydroxylation is 3. The molecule has 23 heavy (non-hydrogen) atoms. The highest BCUT2D eigenvalue weighted by atomic mass is 15.4. The minimum Gasteiger partial charge on any atom is -0.355 e. The average Bonchev–Trinajstić information content (AvgIpc) is 2.84. The Labute approximate surface area is 137 Å². The van der Waals surface area contributed by atoms with Crippen molar-refractivity contribution in [2.45, 2.75) is 27.7 Å². The summed E-state index contributed by atoms with van der Waals surface area (Å²) in [6, 6.07) is 6.39. The predicted octanol–water partition coefficient (Wildman–Crippen LogP) is 3.49. The van der Waals surface area contributed by atoms with Gasteiger partial charge in [0.1, 0.15) is 0 Å². The molecule has 3 rings (SSSR count). The number of hydrogen-bond donors (Lipinski definition) is 0. The van der Waals surface area contributed by atoms with E-state index in [9.17, 15) is 0 Å². The van der Waals surface area contributed by atoms with Crippen LogP contribution in [0.1, 0.15) is 25.2 Å². The highest BCUT2D eigenvalue weighted by molar-refractivity contribution is 5.91. The molecular formula is C18H23N5. The lowest BCUT2D eigenvalue weighted by Crippen LogP contribution is -2.22. The molecule has 5 heteroatoms. The molecule has 0 radical (unpaired) electrons. The van der Waals surface area contributed by atoms with E-state index in [0.29, 0.717) is 0 Å². The largest absolute Gasteiger partial charge is 0.355 e. The van der Waals surface area contributed by atoms with Crippen molar-refractivity contribution in [3.8, 4) is 11.1 Å². The van der Waals surface area contributed by atoms with Crippen molar-refractivity contribution >= 4 is 16.9 Å². The van der Waals surface area contributed by atoms with Crippen molar-refractivity contribution in [2.24, 2.45) is 7.05 Å². The standard InChI is InChI=1S/C18H23N5/c1-6-23(7-2)18-16-10-15(11-19-17(16)22(5)21-18)14-8-12(3)20-13(4)9-14/h8-11H,6-7H2,1-5H3. The summed E-state index contributed by atoms with van der Waals surface area (Å²) in [7, 11) is 1.95. The molecule has 0 spiro atoms. The van der Waals surface area contributed by atoms with Crippen LogP contribution in [0.15, 0.2) is 24.4 Å². The van der Waals surface area contributed by atoms with Gasteiger partial charge in [0.15, 0.2) is 11.5 Å². The second kappa shape index (κ2) is 5.99. The van der Waals surface area contributed by atoms with Gasteiger partial charge in [-0.25, -0.2) is 9.67 Å². The fraction of sp³-hybridized carbons (Fsp3) is 0.389. The molecule has 0 aliphatic carbocycles. The van der Waals surface area contributed by atoms with Crippen LogP contribution in [-0.4, -0.2) is 32.8 Å². The first-order valence-corrected chi connectivity index (χ1v) is 8.06. The number of pyridine rings is 2. The third kappa shape index (κ3) is 2.79. The van der Waals surface area contributed by atoms with E-state index >= 15 is 0 Å². The topological polar surface area (TPSA) is 46.8 Å². The molecule has 0 saturated heterocycles.